The van der Waals surface area contributed by atoms with Crippen LogP contribution in [0.4, 0.5) is 5.69 Å². The van der Waals surface area contributed by atoms with Gasteiger partial charge in [-0.05, 0) is 31.4 Å². The van der Waals surface area contributed by atoms with E-state index >= 15 is 0 Å². The van der Waals surface area contributed by atoms with E-state index in [0.717, 1.165) is 24.5 Å². The summed E-state index contributed by atoms with van der Waals surface area (Å²) in [6, 6.07) is 10.8. The number of nitrogens with zero attached hydrogens (tertiary/aromatic N) is 1. The maximum atomic E-state index is 13.1. The summed E-state index contributed by atoms with van der Waals surface area (Å²) in [6.45, 7) is 5.67. The topological polar surface area (TPSA) is 98.5 Å². The highest BCUT2D eigenvalue weighted by Gasteiger charge is 2.40. The van der Waals surface area contributed by atoms with Crippen LogP contribution in [0.1, 0.15) is 50.3 Å². The summed E-state index contributed by atoms with van der Waals surface area (Å²) in [5, 5.41) is 11.1. The van der Waals surface area contributed by atoms with E-state index < -0.39 is 26.6 Å². The highest BCUT2D eigenvalue weighted by Crippen LogP contribution is 2.43. The Labute approximate surface area is 164 Å². The number of fused-ring (bicyclic) bond motifs is 1. The summed E-state index contributed by atoms with van der Waals surface area (Å²) in [5.74, 6) is 0.668. The van der Waals surface area contributed by atoms with Crippen molar-refractivity contribution in [3.63, 3.8) is 0 Å². The summed E-state index contributed by atoms with van der Waals surface area (Å²) in [5.41, 5.74) is 0.511. The second-order valence-corrected chi connectivity index (χ2v) is 8.80. The van der Waals surface area contributed by atoms with E-state index in [1.807, 2.05) is 38.1 Å². The van der Waals surface area contributed by atoms with E-state index in [1.165, 1.54) is 12.1 Å². The van der Waals surface area contributed by atoms with Crippen molar-refractivity contribution in [3.8, 4) is 5.75 Å². The number of sulfonamides is 1. The summed E-state index contributed by atoms with van der Waals surface area (Å²) >= 11 is 0. The van der Waals surface area contributed by atoms with Crippen molar-refractivity contribution in [1.29, 1.82) is 0 Å². The zero-order chi connectivity index (χ0) is 20.5. The maximum absolute atomic E-state index is 13.1. The summed E-state index contributed by atoms with van der Waals surface area (Å²) in [7, 11) is -3.97. The first-order chi connectivity index (χ1) is 13.2. The predicted octanol–water partition coefficient (Wildman–Crippen LogP) is 4.26. The first-order valence-corrected chi connectivity index (χ1v) is 10.7. The lowest BCUT2D eigenvalue weighted by Crippen LogP contribution is -2.44. The van der Waals surface area contributed by atoms with Crippen LogP contribution in [0.25, 0.3) is 0 Å². The van der Waals surface area contributed by atoms with Crippen molar-refractivity contribution in [1.82, 2.24) is 4.72 Å². The number of non-ortho nitro benzene ring substituents is 1. The van der Waals surface area contributed by atoms with Crippen LogP contribution in [0.2, 0.25) is 0 Å². The molecule has 0 radical (unpaired) electrons. The van der Waals surface area contributed by atoms with Gasteiger partial charge in [-0.15, -0.1) is 0 Å². The number of rotatable bonds is 6. The monoisotopic (exact) mass is 404 g/mol. The molecule has 3 rings (SSSR count). The van der Waals surface area contributed by atoms with Crippen molar-refractivity contribution in [2.75, 3.05) is 0 Å². The van der Waals surface area contributed by atoms with Crippen LogP contribution in [0.5, 0.6) is 5.75 Å². The molecule has 0 unspecified atom stereocenters. The van der Waals surface area contributed by atoms with Gasteiger partial charge in [0.15, 0.2) is 0 Å². The van der Waals surface area contributed by atoms with Crippen LogP contribution in [0, 0.1) is 17.0 Å². The minimum Gasteiger partial charge on any atom is -0.487 e. The fourth-order valence-corrected chi connectivity index (χ4v) is 5.13. The number of aryl methyl sites for hydroxylation is 1. The third-order valence-corrected chi connectivity index (χ3v) is 7.07. The Morgan fingerprint density at radius 3 is 2.54 bits per heavy atom. The normalized spacial score (nSPS) is 18.2. The van der Waals surface area contributed by atoms with E-state index in [0.29, 0.717) is 17.7 Å². The standard InChI is InChI=1S/C20H24N2O5S/c1-4-20(5-2)13-17(16-8-6-7-9-18(16)27-20)21-28(25,26)19-12-15(22(23)24)11-10-14(19)3/h6-12,17,21H,4-5,13H2,1-3H3/t17-/m1/s1. The van der Waals surface area contributed by atoms with Crippen LogP contribution in [-0.2, 0) is 10.0 Å². The Kier molecular flexibility index (Phi) is 5.45. The molecule has 1 atom stereocenters. The van der Waals surface area contributed by atoms with Gasteiger partial charge in [-0.3, -0.25) is 10.1 Å². The molecule has 8 heteroatoms. The molecule has 1 aliphatic heterocycles. The third kappa shape index (κ3) is 3.74. The lowest BCUT2D eigenvalue weighted by molar-refractivity contribution is -0.385. The van der Waals surface area contributed by atoms with Gasteiger partial charge >= 0.3 is 0 Å². The van der Waals surface area contributed by atoms with Gasteiger partial charge in [0.1, 0.15) is 11.4 Å². The molecule has 0 amide bonds. The molecule has 2 aromatic rings. The molecule has 150 valence electrons. The second kappa shape index (κ2) is 7.52. The molecule has 0 aromatic heterocycles. The number of hydrogen-bond donors (Lipinski definition) is 1. The highest BCUT2D eigenvalue weighted by molar-refractivity contribution is 7.89. The first kappa shape index (κ1) is 20.3. The summed E-state index contributed by atoms with van der Waals surface area (Å²) in [6.07, 6.45) is 1.97. The van der Waals surface area contributed by atoms with Crippen LogP contribution in [0.15, 0.2) is 47.4 Å². The Bertz CT molecular complexity index is 999. The molecule has 1 N–H and O–H groups in total. The predicted molar refractivity (Wildman–Crippen MR) is 106 cm³/mol. The molecule has 1 heterocycles. The van der Waals surface area contributed by atoms with Crippen molar-refractivity contribution in [2.24, 2.45) is 0 Å². The van der Waals surface area contributed by atoms with Gasteiger partial charge in [-0.25, -0.2) is 13.1 Å². The number of para-hydroxylation sites is 1. The van der Waals surface area contributed by atoms with Gasteiger partial charge in [-0.1, -0.05) is 38.1 Å². The van der Waals surface area contributed by atoms with Crippen molar-refractivity contribution in [3.05, 3.63) is 63.7 Å². The van der Waals surface area contributed by atoms with Gasteiger partial charge in [-0.2, -0.15) is 0 Å². The van der Waals surface area contributed by atoms with E-state index in [-0.39, 0.29) is 10.6 Å². The van der Waals surface area contributed by atoms with Crippen LogP contribution < -0.4 is 9.46 Å². The van der Waals surface area contributed by atoms with Crippen LogP contribution in [-0.4, -0.2) is 18.9 Å². The molecule has 2 aromatic carbocycles. The molecular formula is C20H24N2O5S. The lowest BCUT2D eigenvalue weighted by Gasteiger charge is -2.41. The molecule has 0 saturated heterocycles. The zero-order valence-electron chi connectivity index (χ0n) is 16.1. The maximum Gasteiger partial charge on any atom is 0.270 e. The zero-order valence-corrected chi connectivity index (χ0v) is 17.0. The number of benzene rings is 2. The molecule has 0 bridgehead atoms. The van der Waals surface area contributed by atoms with E-state index in [4.69, 9.17) is 4.74 Å². The fraction of sp³-hybridized carbons (Fsp3) is 0.400. The Morgan fingerprint density at radius 1 is 1.21 bits per heavy atom. The average molecular weight is 404 g/mol. The van der Waals surface area contributed by atoms with Gasteiger partial charge in [0.05, 0.1) is 15.9 Å². The molecule has 0 spiro atoms. The first-order valence-electron chi connectivity index (χ1n) is 9.26. The van der Waals surface area contributed by atoms with Crippen molar-refractivity contribution in [2.45, 2.75) is 56.6 Å². The minimum atomic E-state index is -3.97. The summed E-state index contributed by atoms with van der Waals surface area (Å²) in [4.78, 5) is 10.4. The molecule has 7 nitrogen and oxygen atoms in total. The van der Waals surface area contributed by atoms with Crippen LogP contribution in [0.3, 0.4) is 0 Å². The van der Waals surface area contributed by atoms with Gasteiger partial charge in [0, 0.05) is 24.1 Å². The Hall–Kier alpha value is -2.45. The highest BCUT2D eigenvalue weighted by atomic mass is 32.2. The second-order valence-electron chi connectivity index (χ2n) is 7.11. The van der Waals surface area contributed by atoms with E-state index in [1.54, 1.807) is 6.92 Å². The van der Waals surface area contributed by atoms with Gasteiger partial charge < -0.3 is 4.74 Å². The lowest BCUT2D eigenvalue weighted by atomic mass is 9.84. The molecule has 0 saturated carbocycles. The minimum absolute atomic E-state index is 0.0794. The Morgan fingerprint density at radius 2 is 1.89 bits per heavy atom. The number of nitro benzene ring substituents is 1. The van der Waals surface area contributed by atoms with E-state index in [2.05, 4.69) is 4.72 Å². The molecule has 1 aliphatic rings. The smallest absolute Gasteiger partial charge is 0.270 e. The average Bonchev–Trinajstić information content (AvgIpc) is 2.67. The number of hydrogen-bond acceptors (Lipinski definition) is 5. The third-order valence-electron chi connectivity index (χ3n) is 5.46. The number of nitro groups is 1. The fourth-order valence-electron chi connectivity index (χ4n) is 3.65. The van der Waals surface area contributed by atoms with Gasteiger partial charge in [0.25, 0.3) is 5.69 Å². The summed E-state index contributed by atoms with van der Waals surface area (Å²) < 4.78 is 35.2. The Balaban J connectivity index is 2.02. The van der Waals surface area contributed by atoms with Crippen molar-refractivity contribution < 1.29 is 18.1 Å². The number of ether oxygens (including phenoxy) is 1. The van der Waals surface area contributed by atoms with Gasteiger partial charge in [0.2, 0.25) is 10.0 Å². The quantitative estimate of drug-likeness (QED) is 0.573. The molecular weight excluding hydrogens is 380 g/mol. The van der Waals surface area contributed by atoms with Crippen molar-refractivity contribution >= 4 is 15.7 Å². The molecule has 0 fully saturated rings. The molecule has 28 heavy (non-hydrogen) atoms. The van der Waals surface area contributed by atoms with E-state index in [9.17, 15) is 18.5 Å². The SMILES string of the molecule is CCC1(CC)C[C@@H](NS(=O)(=O)c2cc([N+](=O)[O-])ccc2C)c2ccccc2O1. The largest absolute Gasteiger partial charge is 0.487 e. The van der Waals surface area contributed by atoms with Crippen LogP contribution >= 0.6 is 0 Å². The molecule has 0 aliphatic carbocycles. The number of nitrogens with one attached hydrogen (secondary N) is 1.